The molecule has 0 spiro atoms. The van der Waals surface area contributed by atoms with Gasteiger partial charge in [0.1, 0.15) is 11.3 Å². The lowest BCUT2D eigenvalue weighted by Gasteiger charge is -2.38. The van der Waals surface area contributed by atoms with Gasteiger partial charge in [-0.1, -0.05) is 5.16 Å². The summed E-state index contributed by atoms with van der Waals surface area (Å²) in [4.78, 5) is 25.8. The third-order valence-electron chi connectivity index (χ3n) is 5.05. The number of piperidine rings is 1. The second kappa shape index (κ2) is 10.7. The summed E-state index contributed by atoms with van der Waals surface area (Å²) in [6.45, 7) is 7.50. The number of aliphatic carboxylic acids is 1. The summed E-state index contributed by atoms with van der Waals surface area (Å²) in [6, 6.07) is 0. The maximum Gasteiger partial charge on any atom is 0.490 e. The molecule has 2 aliphatic rings. The lowest BCUT2D eigenvalue weighted by molar-refractivity contribution is -0.192. The highest BCUT2D eigenvalue weighted by atomic mass is 19.4. The molecular weight excluding hydrogens is 411 g/mol. The number of carbonyl (C=O) groups is 2. The van der Waals surface area contributed by atoms with Gasteiger partial charge < -0.3 is 24.0 Å². The summed E-state index contributed by atoms with van der Waals surface area (Å²) >= 11 is 0. The maximum absolute atomic E-state index is 12.6. The molecule has 3 heterocycles. The number of hydrogen-bond acceptors (Lipinski definition) is 7. The van der Waals surface area contributed by atoms with Gasteiger partial charge in [-0.3, -0.25) is 9.69 Å². The summed E-state index contributed by atoms with van der Waals surface area (Å²) in [5, 5.41) is 10.8. The van der Waals surface area contributed by atoms with Crippen molar-refractivity contribution in [3.8, 4) is 0 Å². The minimum Gasteiger partial charge on any atom is -0.475 e. The normalized spacial score (nSPS) is 22.5. The molecule has 9 nitrogen and oxygen atoms in total. The molecule has 2 fully saturated rings. The highest BCUT2D eigenvalue weighted by Crippen LogP contribution is 2.25. The number of carbonyl (C=O) groups excluding carboxylic acids is 1. The predicted molar refractivity (Wildman–Crippen MR) is 97.0 cm³/mol. The second-order valence-corrected chi connectivity index (χ2v) is 7.10. The van der Waals surface area contributed by atoms with Crippen LogP contribution in [0.25, 0.3) is 0 Å². The van der Waals surface area contributed by atoms with E-state index in [-0.39, 0.29) is 12.0 Å². The monoisotopic (exact) mass is 437 g/mol. The fourth-order valence-corrected chi connectivity index (χ4v) is 3.40. The average Bonchev–Trinajstić information content (AvgIpc) is 3.01. The predicted octanol–water partition coefficient (Wildman–Crippen LogP) is 1.43. The van der Waals surface area contributed by atoms with Gasteiger partial charge in [-0.05, 0) is 13.3 Å². The molecule has 0 radical (unpaired) electrons. The third-order valence-corrected chi connectivity index (χ3v) is 5.05. The number of carboxylic acid groups (broad SMARTS) is 1. The smallest absolute Gasteiger partial charge is 0.475 e. The van der Waals surface area contributed by atoms with Gasteiger partial charge in [0, 0.05) is 45.8 Å². The van der Waals surface area contributed by atoms with Gasteiger partial charge in [-0.15, -0.1) is 0 Å². The Morgan fingerprint density at radius 3 is 2.60 bits per heavy atom. The maximum atomic E-state index is 12.6. The molecule has 170 valence electrons. The number of carboxylic acids is 1. The van der Waals surface area contributed by atoms with Crippen molar-refractivity contribution in [3.63, 3.8) is 0 Å². The number of amides is 1. The summed E-state index contributed by atoms with van der Waals surface area (Å²) < 4.78 is 47.9. The minimum absolute atomic E-state index is 0.00807. The van der Waals surface area contributed by atoms with Crippen molar-refractivity contribution in [2.24, 2.45) is 5.92 Å². The molecule has 0 unspecified atom stereocenters. The number of hydrogen-bond donors (Lipinski definition) is 1. The van der Waals surface area contributed by atoms with Crippen LogP contribution >= 0.6 is 0 Å². The van der Waals surface area contributed by atoms with Crippen LogP contribution in [0.2, 0.25) is 0 Å². The van der Waals surface area contributed by atoms with E-state index in [2.05, 4.69) is 10.1 Å². The Hall–Kier alpha value is -2.18. The molecule has 0 aliphatic carbocycles. The Labute approximate surface area is 171 Å². The first-order valence-electron chi connectivity index (χ1n) is 9.47. The number of likely N-dealkylation sites (tertiary alicyclic amines) is 1. The SMILES string of the molecule is COCCN1CCO[C@@H]2CN(C(=O)c3cnoc3C)CC[C@@H]2C1.O=C(O)C(F)(F)F. The standard InChI is InChI=1S/C16H25N3O4.C2HF3O2/c1-12-14(9-17-23-12)16(20)19-4-3-13-10-18(5-7-21-2)6-8-22-15(13)11-19;3-2(4,5)1(6)7/h9,13,15H,3-8,10-11H2,1-2H3;(H,6,7)/t13-,15-;/m1./s1. The van der Waals surface area contributed by atoms with E-state index in [4.69, 9.17) is 23.9 Å². The Bertz CT molecular complexity index is 712. The first kappa shape index (κ1) is 24.1. The van der Waals surface area contributed by atoms with E-state index >= 15 is 0 Å². The first-order chi connectivity index (χ1) is 14.1. The van der Waals surface area contributed by atoms with Crippen molar-refractivity contribution < 1.29 is 41.9 Å². The van der Waals surface area contributed by atoms with Crippen LogP contribution in [0.5, 0.6) is 0 Å². The van der Waals surface area contributed by atoms with Gasteiger partial charge in [0.05, 0.1) is 25.5 Å². The molecule has 1 aromatic rings. The van der Waals surface area contributed by atoms with Crippen molar-refractivity contribution in [1.29, 1.82) is 0 Å². The van der Waals surface area contributed by atoms with E-state index in [1.807, 2.05) is 4.90 Å². The molecule has 2 saturated heterocycles. The molecule has 12 heteroatoms. The Balaban J connectivity index is 0.000000396. The van der Waals surface area contributed by atoms with Crippen LogP contribution in [0.3, 0.4) is 0 Å². The Morgan fingerprint density at radius 1 is 1.33 bits per heavy atom. The largest absolute Gasteiger partial charge is 0.490 e. The van der Waals surface area contributed by atoms with E-state index in [0.29, 0.717) is 30.4 Å². The number of aryl methyl sites for hydroxylation is 1. The average molecular weight is 437 g/mol. The van der Waals surface area contributed by atoms with Gasteiger partial charge in [-0.2, -0.15) is 13.2 Å². The van der Waals surface area contributed by atoms with Gasteiger partial charge in [0.2, 0.25) is 0 Å². The molecule has 2 atom stereocenters. The molecule has 30 heavy (non-hydrogen) atoms. The molecule has 1 N–H and O–H groups in total. The van der Waals surface area contributed by atoms with Crippen LogP contribution in [-0.2, 0) is 14.3 Å². The van der Waals surface area contributed by atoms with Crippen molar-refractivity contribution in [2.45, 2.75) is 25.6 Å². The number of alkyl halides is 3. The highest BCUT2D eigenvalue weighted by molar-refractivity contribution is 5.94. The van der Waals surface area contributed by atoms with E-state index in [0.717, 1.165) is 39.2 Å². The zero-order chi connectivity index (χ0) is 22.3. The summed E-state index contributed by atoms with van der Waals surface area (Å²) in [6.07, 6.45) is -2.51. The number of aromatic nitrogens is 1. The number of fused-ring (bicyclic) bond motifs is 1. The number of rotatable bonds is 4. The van der Waals surface area contributed by atoms with Crippen molar-refractivity contribution in [1.82, 2.24) is 15.0 Å². The van der Waals surface area contributed by atoms with Crippen LogP contribution in [0.4, 0.5) is 13.2 Å². The van der Waals surface area contributed by atoms with Gasteiger partial charge in [0.15, 0.2) is 0 Å². The zero-order valence-corrected chi connectivity index (χ0v) is 16.9. The number of ether oxygens (including phenoxy) is 2. The Kier molecular flexibility index (Phi) is 8.62. The van der Waals surface area contributed by atoms with Crippen LogP contribution in [-0.4, -0.2) is 97.3 Å². The fourth-order valence-electron chi connectivity index (χ4n) is 3.40. The lowest BCUT2D eigenvalue weighted by atomic mass is 9.93. The van der Waals surface area contributed by atoms with Gasteiger partial charge in [0.25, 0.3) is 5.91 Å². The van der Waals surface area contributed by atoms with E-state index in [1.165, 1.54) is 6.20 Å². The van der Waals surface area contributed by atoms with Gasteiger partial charge in [-0.25, -0.2) is 4.79 Å². The fraction of sp³-hybridized carbons (Fsp3) is 0.722. The first-order valence-corrected chi connectivity index (χ1v) is 9.47. The number of halogens is 3. The van der Waals surface area contributed by atoms with E-state index < -0.39 is 12.1 Å². The highest BCUT2D eigenvalue weighted by Gasteiger charge is 2.38. The molecule has 0 bridgehead atoms. The molecule has 2 aliphatic heterocycles. The van der Waals surface area contributed by atoms with Crippen LogP contribution in [0.1, 0.15) is 22.5 Å². The van der Waals surface area contributed by atoms with E-state index in [1.54, 1.807) is 14.0 Å². The molecule has 1 aromatic heterocycles. The van der Waals surface area contributed by atoms with Crippen LogP contribution in [0.15, 0.2) is 10.7 Å². The topological polar surface area (TPSA) is 105 Å². The van der Waals surface area contributed by atoms with Crippen molar-refractivity contribution in [2.75, 3.05) is 53.0 Å². The summed E-state index contributed by atoms with van der Waals surface area (Å²) in [5.41, 5.74) is 0.554. The van der Waals surface area contributed by atoms with Crippen LogP contribution in [0, 0.1) is 12.8 Å². The summed E-state index contributed by atoms with van der Waals surface area (Å²) in [7, 11) is 1.73. The zero-order valence-electron chi connectivity index (χ0n) is 16.9. The molecule has 1 amide bonds. The second-order valence-electron chi connectivity index (χ2n) is 7.10. The van der Waals surface area contributed by atoms with Crippen molar-refractivity contribution >= 4 is 11.9 Å². The molecule has 3 rings (SSSR count). The molecular formula is C18H26F3N3O6. The van der Waals surface area contributed by atoms with E-state index in [9.17, 15) is 18.0 Å². The molecule has 0 saturated carbocycles. The summed E-state index contributed by atoms with van der Waals surface area (Å²) in [5.74, 6) is -1.72. The number of methoxy groups -OCH3 is 1. The Morgan fingerprint density at radius 2 is 2.03 bits per heavy atom. The third kappa shape index (κ3) is 6.67. The minimum atomic E-state index is -5.08. The van der Waals surface area contributed by atoms with Crippen molar-refractivity contribution in [3.05, 3.63) is 17.5 Å². The van der Waals surface area contributed by atoms with Crippen LogP contribution < -0.4 is 0 Å². The van der Waals surface area contributed by atoms with Gasteiger partial charge >= 0.3 is 12.1 Å². The quantitative estimate of drug-likeness (QED) is 0.754. The lowest BCUT2D eigenvalue weighted by Crippen LogP contribution is -2.49. The number of nitrogens with zero attached hydrogens (tertiary/aromatic N) is 3. The molecule has 0 aromatic carbocycles.